The van der Waals surface area contributed by atoms with Gasteiger partial charge in [-0.15, -0.1) is 21.5 Å². The van der Waals surface area contributed by atoms with E-state index in [1.807, 2.05) is 11.3 Å². The van der Waals surface area contributed by atoms with Gasteiger partial charge in [0.2, 0.25) is 5.89 Å². The summed E-state index contributed by atoms with van der Waals surface area (Å²) in [5, 5.41) is 12.1. The van der Waals surface area contributed by atoms with Crippen molar-refractivity contribution in [3.05, 3.63) is 22.4 Å². The molecule has 2 aliphatic rings. The van der Waals surface area contributed by atoms with Gasteiger partial charge in [-0.1, -0.05) is 19.8 Å². The predicted octanol–water partition coefficient (Wildman–Crippen LogP) is 4.35. The van der Waals surface area contributed by atoms with Gasteiger partial charge < -0.3 is 9.73 Å². The lowest BCUT2D eigenvalue weighted by molar-refractivity contribution is 0.271. The minimum Gasteiger partial charge on any atom is -0.419 e. The first-order valence-corrected chi connectivity index (χ1v) is 9.79. The molecule has 2 heterocycles. The summed E-state index contributed by atoms with van der Waals surface area (Å²) in [6.07, 6.45) is 10.3. The molecule has 1 N–H and O–H groups in total. The molecule has 4 nitrogen and oxygen atoms in total. The van der Waals surface area contributed by atoms with Crippen molar-refractivity contribution < 1.29 is 4.42 Å². The number of thiophene rings is 1. The maximum Gasteiger partial charge on any atom is 0.257 e. The van der Waals surface area contributed by atoms with Gasteiger partial charge in [-0.2, -0.15) is 0 Å². The maximum absolute atomic E-state index is 5.90. The lowest BCUT2D eigenvalue weighted by Gasteiger charge is -2.29. The van der Waals surface area contributed by atoms with Crippen LogP contribution >= 0.6 is 11.3 Å². The average Bonchev–Trinajstić information content (AvgIpc) is 3.20. The van der Waals surface area contributed by atoms with Crippen molar-refractivity contribution >= 4 is 11.3 Å². The molecule has 0 saturated heterocycles. The van der Waals surface area contributed by atoms with Gasteiger partial charge in [0.25, 0.3) is 5.89 Å². The summed E-state index contributed by atoms with van der Waals surface area (Å²) in [5.41, 5.74) is 1.49. The Bertz CT molecular complexity index is 640. The molecule has 1 fully saturated rings. The zero-order chi connectivity index (χ0) is 15.6. The summed E-state index contributed by atoms with van der Waals surface area (Å²) in [7, 11) is 0. The monoisotopic (exact) mass is 331 g/mol. The summed E-state index contributed by atoms with van der Waals surface area (Å²) in [5.74, 6) is 2.15. The number of aryl methyl sites for hydroxylation is 2. The van der Waals surface area contributed by atoms with E-state index in [-0.39, 0.29) is 0 Å². The molecule has 0 bridgehead atoms. The highest BCUT2D eigenvalue weighted by molar-refractivity contribution is 7.15. The van der Waals surface area contributed by atoms with Gasteiger partial charge in [0.15, 0.2) is 0 Å². The van der Waals surface area contributed by atoms with Crippen LogP contribution in [0.25, 0.3) is 10.8 Å². The van der Waals surface area contributed by atoms with Crippen LogP contribution in [-0.2, 0) is 19.4 Å². The highest BCUT2D eigenvalue weighted by Gasteiger charge is 2.22. The SMILES string of the molecule is CC1CCCCC1NCc1nnc(-c2cc3c(s2)CCCC3)o1. The van der Waals surface area contributed by atoms with Crippen LogP contribution in [0.1, 0.15) is 61.8 Å². The number of nitrogens with zero attached hydrogens (tertiary/aromatic N) is 2. The highest BCUT2D eigenvalue weighted by Crippen LogP contribution is 2.35. The third-order valence-electron chi connectivity index (χ3n) is 5.30. The van der Waals surface area contributed by atoms with Crippen molar-refractivity contribution in [1.29, 1.82) is 0 Å². The normalized spacial score (nSPS) is 24.6. The van der Waals surface area contributed by atoms with Crippen LogP contribution in [0.15, 0.2) is 10.5 Å². The van der Waals surface area contributed by atoms with Crippen molar-refractivity contribution in [2.75, 3.05) is 0 Å². The Balaban J connectivity index is 1.41. The Hall–Kier alpha value is -1.20. The van der Waals surface area contributed by atoms with Gasteiger partial charge in [0.1, 0.15) is 0 Å². The second kappa shape index (κ2) is 6.73. The Morgan fingerprint density at radius 1 is 1.17 bits per heavy atom. The van der Waals surface area contributed by atoms with E-state index in [2.05, 4.69) is 28.5 Å². The number of rotatable bonds is 4. The third kappa shape index (κ3) is 3.36. The maximum atomic E-state index is 5.90. The van der Waals surface area contributed by atoms with Gasteiger partial charge in [0.05, 0.1) is 11.4 Å². The fourth-order valence-corrected chi connectivity index (χ4v) is 5.03. The molecule has 2 aliphatic carbocycles. The smallest absolute Gasteiger partial charge is 0.257 e. The van der Waals surface area contributed by atoms with Crippen LogP contribution in [0, 0.1) is 5.92 Å². The zero-order valence-electron chi connectivity index (χ0n) is 13.8. The van der Waals surface area contributed by atoms with E-state index >= 15 is 0 Å². The summed E-state index contributed by atoms with van der Waals surface area (Å²) in [6, 6.07) is 2.85. The molecule has 1 saturated carbocycles. The van der Waals surface area contributed by atoms with Crippen LogP contribution in [0.5, 0.6) is 0 Å². The Morgan fingerprint density at radius 3 is 2.91 bits per heavy atom. The Morgan fingerprint density at radius 2 is 2.04 bits per heavy atom. The minimum atomic E-state index is 0.591. The average molecular weight is 331 g/mol. The minimum absolute atomic E-state index is 0.591. The lowest BCUT2D eigenvalue weighted by Crippen LogP contribution is -2.36. The quantitative estimate of drug-likeness (QED) is 0.905. The van der Waals surface area contributed by atoms with Crippen LogP contribution in [-0.4, -0.2) is 16.2 Å². The van der Waals surface area contributed by atoms with Crippen molar-refractivity contribution in [2.45, 2.75) is 70.9 Å². The molecule has 23 heavy (non-hydrogen) atoms. The van der Waals surface area contributed by atoms with Crippen molar-refractivity contribution in [3.63, 3.8) is 0 Å². The molecule has 2 aromatic rings. The van der Waals surface area contributed by atoms with Gasteiger partial charge in [-0.05, 0) is 56.1 Å². The number of nitrogens with one attached hydrogen (secondary N) is 1. The molecular weight excluding hydrogens is 306 g/mol. The first-order chi connectivity index (χ1) is 11.3. The van der Waals surface area contributed by atoms with Crippen LogP contribution in [0.3, 0.4) is 0 Å². The molecule has 0 radical (unpaired) electrons. The van der Waals surface area contributed by atoms with E-state index in [0.29, 0.717) is 24.4 Å². The standard InChI is InChI=1S/C18H25N3OS/c1-12-6-2-4-8-14(12)19-11-17-20-21-18(22-17)16-10-13-7-3-5-9-15(13)23-16/h10,12,14,19H,2-9,11H2,1H3. The third-order valence-corrected chi connectivity index (χ3v) is 6.53. The van der Waals surface area contributed by atoms with Gasteiger partial charge in [-0.3, -0.25) is 0 Å². The van der Waals surface area contributed by atoms with Crippen LogP contribution < -0.4 is 5.32 Å². The first-order valence-electron chi connectivity index (χ1n) is 8.97. The molecule has 2 unspecified atom stereocenters. The summed E-state index contributed by atoms with van der Waals surface area (Å²) < 4.78 is 5.90. The zero-order valence-corrected chi connectivity index (χ0v) is 14.6. The molecule has 2 aromatic heterocycles. The van der Waals surface area contributed by atoms with Crippen LogP contribution in [0.4, 0.5) is 0 Å². The van der Waals surface area contributed by atoms with E-state index in [0.717, 1.165) is 10.8 Å². The van der Waals surface area contributed by atoms with Gasteiger partial charge >= 0.3 is 0 Å². The second-order valence-corrected chi connectivity index (χ2v) is 8.15. The molecule has 0 spiro atoms. The van der Waals surface area contributed by atoms with E-state index in [1.54, 1.807) is 0 Å². The summed E-state index contributed by atoms with van der Waals surface area (Å²) in [6.45, 7) is 3.03. The van der Waals surface area contributed by atoms with E-state index in [1.165, 1.54) is 61.8 Å². The first kappa shape index (κ1) is 15.3. The van der Waals surface area contributed by atoms with Crippen molar-refractivity contribution in [3.8, 4) is 10.8 Å². The van der Waals surface area contributed by atoms with Crippen molar-refractivity contribution in [2.24, 2.45) is 5.92 Å². The molecule has 0 aromatic carbocycles. The fourth-order valence-electron chi connectivity index (χ4n) is 3.86. The van der Waals surface area contributed by atoms with Gasteiger partial charge in [0, 0.05) is 10.9 Å². The Kier molecular flexibility index (Phi) is 4.49. The number of hydrogen-bond donors (Lipinski definition) is 1. The lowest BCUT2D eigenvalue weighted by atomic mass is 9.86. The summed E-state index contributed by atoms with van der Waals surface area (Å²) >= 11 is 1.83. The van der Waals surface area contributed by atoms with E-state index in [9.17, 15) is 0 Å². The van der Waals surface area contributed by atoms with Crippen LogP contribution in [0.2, 0.25) is 0 Å². The molecule has 0 aliphatic heterocycles. The Labute approximate surface area is 141 Å². The molecule has 2 atom stereocenters. The van der Waals surface area contributed by atoms with E-state index in [4.69, 9.17) is 4.42 Å². The second-order valence-electron chi connectivity index (χ2n) is 7.02. The molecule has 0 amide bonds. The number of aromatic nitrogens is 2. The van der Waals surface area contributed by atoms with Gasteiger partial charge in [-0.25, -0.2) is 0 Å². The van der Waals surface area contributed by atoms with E-state index < -0.39 is 0 Å². The molecular formula is C18H25N3OS. The topological polar surface area (TPSA) is 51.0 Å². The number of hydrogen-bond acceptors (Lipinski definition) is 5. The van der Waals surface area contributed by atoms with Crippen molar-refractivity contribution in [1.82, 2.24) is 15.5 Å². The highest BCUT2D eigenvalue weighted by atomic mass is 32.1. The fraction of sp³-hybridized carbons (Fsp3) is 0.667. The molecule has 5 heteroatoms. The molecule has 4 rings (SSSR count). The largest absolute Gasteiger partial charge is 0.419 e. The molecule has 124 valence electrons. The summed E-state index contributed by atoms with van der Waals surface area (Å²) in [4.78, 5) is 2.65. The number of fused-ring (bicyclic) bond motifs is 1. The predicted molar refractivity (Wildman–Crippen MR) is 92.5 cm³/mol.